The van der Waals surface area contributed by atoms with Crippen LogP contribution in [0.15, 0.2) is 44.5 Å². The predicted octanol–water partition coefficient (Wildman–Crippen LogP) is 5.26. The fourth-order valence-electron chi connectivity index (χ4n) is 2.36. The lowest BCUT2D eigenvalue weighted by Crippen LogP contribution is -2.31. The van der Waals surface area contributed by atoms with Gasteiger partial charge in [0.05, 0.1) is 23.2 Å². The van der Waals surface area contributed by atoms with Gasteiger partial charge in [0.1, 0.15) is 5.75 Å². The first-order chi connectivity index (χ1) is 13.6. The first kappa shape index (κ1) is 21.1. The highest BCUT2D eigenvalue weighted by atomic mass is 79.9. The number of carbonyl (C=O) groups excluding carboxylic acids is 1. The van der Waals surface area contributed by atoms with E-state index in [4.69, 9.17) is 4.74 Å². The molecule has 0 bridgehead atoms. The molecule has 1 amide bonds. The minimum Gasteiger partial charge on any atom is -0.497 e. The fraction of sp³-hybridized carbons (Fsp3) is 0.278. The lowest BCUT2D eigenvalue weighted by Gasteiger charge is -2.19. The summed E-state index contributed by atoms with van der Waals surface area (Å²) in [4.78, 5) is 15.6. The van der Waals surface area contributed by atoms with Crippen LogP contribution in [-0.4, -0.2) is 40.4 Å². The van der Waals surface area contributed by atoms with Gasteiger partial charge in [-0.3, -0.25) is 4.79 Å². The molecule has 1 aromatic carbocycles. The molecule has 1 N–H and O–H groups in total. The summed E-state index contributed by atoms with van der Waals surface area (Å²) >= 11 is 7.94. The van der Waals surface area contributed by atoms with Gasteiger partial charge in [0.15, 0.2) is 4.34 Å². The normalized spacial score (nSPS) is 10.7. The molecular formula is C18H19BrN4O2S3. The van der Waals surface area contributed by atoms with Gasteiger partial charge in [0.25, 0.3) is 0 Å². The Balaban J connectivity index is 1.53. The van der Waals surface area contributed by atoms with Crippen LogP contribution in [0.4, 0.5) is 10.8 Å². The van der Waals surface area contributed by atoms with Crippen LogP contribution >= 0.6 is 50.4 Å². The van der Waals surface area contributed by atoms with Crippen molar-refractivity contribution in [2.45, 2.75) is 17.8 Å². The van der Waals surface area contributed by atoms with Crippen LogP contribution in [0, 0.1) is 0 Å². The zero-order chi connectivity index (χ0) is 19.9. The van der Waals surface area contributed by atoms with E-state index in [0.717, 1.165) is 24.4 Å². The minimum atomic E-state index is 0.0922. The van der Waals surface area contributed by atoms with Crippen LogP contribution in [-0.2, 0) is 11.3 Å². The van der Waals surface area contributed by atoms with Gasteiger partial charge in [-0.2, -0.15) is 0 Å². The Bertz CT molecular complexity index is 931. The number of nitrogens with one attached hydrogen (secondary N) is 1. The topological polar surface area (TPSA) is 67.4 Å². The van der Waals surface area contributed by atoms with Gasteiger partial charge in [0, 0.05) is 23.2 Å². The molecule has 2 aromatic heterocycles. The van der Waals surface area contributed by atoms with Crippen molar-refractivity contribution < 1.29 is 9.53 Å². The van der Waals surface area contributed by atoms with Gasteiger partial charge < -0.3 is 15.0 Å². The van der Waals surface area contributed by atoms with Gasteiger partial charge in [-0.1, -0.05) is 29.2 Å². The molecule has 0 radical (unpaired) electrons. The number of ether oxygens (including phenoxy) is 1. The first-order valence-electron chi connectivity index (χ1n) is 8.46. The number of aromatic nitrogens is 2. The molecular weight excluding hydrogens is 480 g/mol. The third-order valence-electron chi connectivity index (χ3n) is 3.76. The van der Waals surface area contributed by atoms with E-state index in [0.29, 0.717) is 24.0 Å². The van der Waals surface area contributed by atoms with Crippen molar-refractivity contribution in [1.82, 2.24) is 15.1 Å². The van der Waals surface area contributed by atoms with Gasteiger partial charge in [-0.25, -0.2) is 0 Å². The number of anilines is 2. The molecule has 6 nitrogen and oxygen atoms in total. The monoisotopic (exact) mass is 498 g/mol. The molecule has 0 fully saturated rings. The van der Waals surface area contributed by atoms with Crippen molar-refractivity contribution in [1.29, 1.82) is 0 Å². The molecule has 3 rings (SSSR count). The zero-order valence-corrected chi connectivity index (χ0v) is 19.4. The Labute approximate surface area is 184 Å². The Morgan fingerprint density at radius 1 is 1.29 bits per heavy atom. The molecule has 0 saturated carbocycles. The zero-order valence-electron chi connectivity index (χ0n) is 15.3. The minimum absolute atomic E-state index is 0.0922. The number of thioether (sulfide) groups is 1. The number of halogens is 1. The standard InChI is InChI=1S/C18H19BrN4O2S3/c1-3-23(10-14-7-8-15(19)27-14)16(24)11-26-18-22-21-17(28-18)20-12-5-4-6-13(9-12)25-2/h4-9H,3,10-11H2,1-2H3,(H,20,21). The van der Waals surface area contributed by atoms with E-state index >= 15 is 0 Å². The number of amides is 1. The largest absolute Gasteiger partial charge is 0.497 e. The fourth-order valence-corrected chi connectivity index (χ4v) is 5.53. The van der Waals surface area contributed by atoms with Gasteiger partial charge in [0.2, 0.25) is 11.0 Å². The summed E-state index contributed by atoms with van der Waals surface area (Å²) in [6.45, 7) is 3.30. The maximum atomic E-state index is 12.6. The van der Waals surface area contributed by atoms with Gasteiger partial charge in [-0.15, -0.1) is 21.5 Å². The van der Waals surface area contributed by atoms with E-state index < -0.39 is 0 Å². The summed E-state index contributed by atoms with van der Waals surface area (Å²) < 4.78 is 7.05. The van der Waals surface area contributed by atoms with Crippen molar-refractivity contribution in [2.24, 2.45) is 0 Å². The molecule has 28 heavy (non-hydrogen) atoms. The Kier molecular flexibility index (Phi) is 7.72. The Morgan fingerprint density at radius 3 is 2.86 bits per heavy atom. The third kappa shape index (κ3) is 5.94. The quantitative estimate of drug-likeness (QED) is 0.406. The van der Waals surface area contributed by atoms with Crippen molar-refractivity contribution in [3.8, 4) is 5.75 Å². The van der Waals surface area contributed by atoms with E-state index in [2.05, 4.69) is 31.4 Å². The highest BCUT2D eigenvalue weighted by Gasteiger charge is 2.15. The second-order valence-corrected chi connectivity index (χ2v) is 10.4. The van der Waals surface area contributed by atoms with Gasteiger partial charge >= 0.3 is 0 Å². The molecule has 0 spiro atoms. The van der Waals surface area contributed by atoms with E-state index in [1.54, 1.807) is 18.4 Å². The van der Waals surface area contributed by atoms with Crippen molar-refractivity contribution in [3.63, 3.8) is 0 Å². The van der Waals surface area contributed by atoms with E-state index in [9.17, 15) is 4.79 Å². The van der Waals surface area contributed by atoms with Crippen LogP contribution in [0.3, 0.4) is 0 Å². The first-order valence-corrected chi connectivity index (χ1v) is 11.9. The highest BCUT2D eigenvalue weighted by molar-refractivity contribution is 9.11. The van der Waals surface area contributed by atoms with Crippen LogP contribution in [0.2, 0.25) is 0 Å². The maximum absolute atomic E-state index is 12.6. The number of benzene rings is 1. The maximum Gasteiger partial charge on any atom is 0.233 e. The lowest BCUT2D eigenvalue weighted by atomic mass is 10.3. The molecule has 148 valence electrons. The van der Waals surface area contributed by atoms with Crippen LogP contribution in [0.25, 0.3) is 0 Å². The molecule has 0 saturated heterocycles. The molecule has 0 aliphatic heterocycles. The predicted molar refractivity (Wildman–Crippen MR) is 120 cm³/mol. The molecule has 2 heterocycles. The van der Waals surface area contributed by atoms with E-state index in [-0.39, 0.29) is 5.91 Å². The summed E-state index contributed by atoms with van der Waals surface area (Å²) in [5.74, 6) is 1.20. The summed E-state index contributed by atoms with van der Waals surface area (Å²) in [6.07, 6.45) is 0. The number of thiophene rings is 1. The third-order valence-corrected chi connectivity index (χ3v) is 7.32. The van der Waals surface area contributed by atoms with Crippen molar-refractivity contribution in [3.05, 3.63) is 45.1 Å². The molecule has 10 heteroatoms. The summed E-state index contributed by atoms with van der Waals surface area (Å²) in [7, 11) is 1.63. The van der Waals surface area contributed by atoms with E-state index in [1.807, 2.05) is 48.2 Å². The van der Waals surface area contributed by atoms with Gasteiger partial charge in [-0.05, 0) is 47.1 Å². The number of hydrogen-bond acceptors (Lipinski definition) is 8. The number of nitrogens with zero attached hydrogens (tertiary/aromatic N) is 3. The average molecular weight is 499 g/mol. The molecule has 0 aliphatic rings. The average Bonchev–Trinajstić information content (AvgIpc) is 3.32. The summed E-state index contributed by atoms with van der Waals surface area (Å²) in [6, 6.07) is 11.7. The van der Waals surface area contributed by atoms with Crippen molar-refractivity contribution in [2.75, 3.05) is 24.7 Å². The number of rotatable bonds is 9. The highest BCUT2D eigenvalue weighted by Crippen LogP contribution is 2.29. The second-order valence-electron chi connectivity index (χ2n) is 5.63. The smallest absolute Gasteiger partial charge is 0.233 e. The van der Waals surface area contributed by atoms with Crippen LogP contribution in [0.1, 0.15) is 11.8 Å². The van der Waals surface area contributed by atoms with E-state index in [1.165, 1.54) is 23.1 Å². The molecule has 0 unspecified atom stereocenters. The summed E-state index contributed by atoms with van der Waals surface area (Å²) in [5.41, 5.74) is 0.877. The molecule has 0 atom stereocenters. The number of carbonyl (C=O) groups is 1. The number of hydrogen-bond donors (Lipinski definition) is 1. The van der Waals surface area contributed by atoms with Crippen LogP contribution < -0.4 is 10.1 Å². The molecule has 3 aromatic rings. The Morgan fingerprint density at radius 2 is 2.14 bits per heavy atom. The summed E-state index contributed by atoms with van der Waals surface area (Å²) in [5, 5.41) is 12.2. The number of methoxy groups -OCH3 is 1. The SMILES string of the molecule is CCN(Cc1ccc(Br)s1)C(=O)CSc1nnc(Nc2cccc(OC)c2)s1. The Hall–Kier alpha value is -1.62. The van der Waals surface area contributed by atoms with Crippen molar-refractivity contribution >= 4 is 67.1 Å². The van der Waals surface area contributed by atoms with Crippen LogP contribution in [0.5, 0.6) is 5.75 Å². The lowest BCUT2D eigenvalue weighted by molar-refractivity contribution is -0.128. The second kappa shape index (κ2) is 10.2. The molecule has 0 aliphatic carbocycles.